The highest BCUT2D eigenvalue weighted by Crippen LogP contribution is 2.27. The van der Waals surface area contributed by atoms with Gasteiger partial charge in [0.15, 0.2) is 5.17 Å². The minimum absolute atomic E-state index is 0.0931. The van der Waals surface area contributed by atoms with Crippen LogP contribution in [-0.4, -0.2) is 42.5 Å². The van der Waals surface area contributed by atoms with E-state index < -0.39 is 0 Å². The lowest BCUT2D eigenvalue weighted by molar-refractivity contribution is -0.122. The lowest BCUT2D eigenvalue weighted by Crippen LogP contribution is -2.38. The molecule has 1 saturated heterocycles. The molecule has 0 spiro atoms. The number of rotatable bonds is 5. The molecule has 1 amide bonds. The van der Waals surface area contributed by atoms with E-state index >= 15 is 0 Å². The number of aryl methyl sites for hydroxylation is 1. The van der Waals surface area contributed by atoms with Crippen LogP contribution < -0.4 is 9.47 Å². The Morgan fingerprint density at radius 1 is 1.18 bits per heavy atom. The quantitative estimate of drug-likeness (QED) is 0.689. The van der Waals surface area contributed by atoms with E-state index in [1.165, 1.54) is 0 Å². The van der Waals surface area contributed by atoms with Crippen molar-refractivity contribution < 1.29 is 14.3 Å². The van der Waals surface area contributed by atoms with E-state index in [9.17, 15) is 4.79 Å². The highest BCUT2D eigenvalue weighted by molar-refractivity contribution is 8.13. The van der Waals surface area contributed by atoms with Gasteiger partial charge in [-0.05, 0) is 49.2 Å². The number of nitrogens with zero attached hydrogens (tertiary/aromatic N) is 2. The van der Waals surface area contributed by atoms with Crippen molar-refractivity contribution in [2.24, 2.45) is 4.99 Å². The summed E-state index contributed by atoms with van der Waals surface area (Å²) < 4.78 is 10.6. The van der Waals surface area contributed by atoms with Crippen molar-refractivity contribution in [2.75, 3.05) is 26.5 Å². The molecule has 1 fully saturated rings. The van der Waals surface area contributed by atoms with Crippen LogP contribution >= 0.6 is 11.8 Å². The third kappa shape index (κ3) is 4.75. The molecular weight excluding hydrogens is 372 g/mol. The molecule has 0 unspecified atom stereocenters. The van der Waals surface area contributed by atoms with Gasteiger partial charge in [-0.15, -0.1) is 0 Å². The molecule has 28 heavy (non-hydrogen) atoms. The number of benzene rings is 2. The van der Waals surface area contributed by atoms with Crippen molar-refractivity contribution in [3.63, 3.8) is 0 Å². The zero-order chi connectivity index (χ0) is 19.9. The van der Waals surface area contributed by atoms with Crippen LogP contribution in [0.4, 0.5) is 5.69 Å². The van der Waals surface area contributed by atoms with Crippen LogP contribution in [0.1, 0.15) is 17.5 Å². The van der Waals surface area contributed by atoms with E-state index in [0.717, 1.165) is 34.2 Å². The monoisotopic (exact) mass is 396 g/mol. The topological polar surface area (TPSA) is 51.1 Å². The maximum atomic E-state index is 12.9. The van der Waals surface area contributed by atoms with Crippen molar-refractivity contribution in [1.29, 1.82) is 0 Å². The molecule has 0 bridgehead atoms. The van der Waals surface area contributed by atoms with E-state index in [1.807, 2.05) is 49.4 Å². The minimum Gasteiger partial charge on any atom is -0.497 e. The van der Waals surface area contributed by atoms with Gasteiger partial charge >= 0.3 is 0 Å². The number of thioether (sulfide) groups is 1. The largest absolute Gasteiger partial charge is 0.497 e. The summed E-state index contributed by atoms with van der Waals surface area (Å²) in [5, 5.41) is 0.743. The smallest absolute Gasteiger partial charge is 0.252 e. The van der Waals surface area contributed by atoms with Crippen molar-refractivity contribution in [3.05, 3.63) is 59.7 Å². The van der Waals surface area contributed by atoms with Crippen LogP contribution in [0.2, 0.25) is 0 Å². The third-order valence-corrected chi connectivity index (χ3v) is 5.49. The number of hydrogen-bond acceptors (Lipinski definition) is 5. The maximum Gasteiger partial charge on any atom is 0.252 e. The number of carbonyl (C=O) groups is 1. The summed E-state index contributed by atoms with van der Waals surface area (Å²) in [6.45, 7) is 2.68. The second kappa shape index (κ2) is 9.46. The van der Waals surface area contributed by atoms with Crippen LogP contribution in [-0.2, 0) is 4.79 Å². The van der Waals surface area contributed by atoms with Gasteiger partial charge in [-0.1, -0.05) is 30.0 Å². The number of methoxy groups -OCH3 is 2. The van der Waals surface area contributed by atoms with Gasteiger partial charge in [-0.2, -0.15) is 0 Å². The first-order chi connectivity index (χ1) is 13.6. The Balaban J connectivity index is 1.84. The number of hydrogen-bond donors (Lipinski definition) is 0. The Hall–Kier alpha value is -2.73. The summed E-state index contributed by atoms with van der Waals surface area (Å²) in [5.41, 5.74) is 2.77. The van der Waals surface area contributed by atoms with Gasteiger partial charge in [-0.25, -0.2) is 4.99 Å². The number of carbonyl (C=O) groups excluding carboxylic acids is 1. The van der Waals surface area contributed by atoms with E-state index in [4.69, 9.17) is 14.5 Å². The average Bonchev–Trinajstić information content (AvgIpc) is 2.73. The lowest BCUT2D eigenvalue weighted by Gasteiger charge is -2.26. The summed E-state index contributed by atoms with van der Waals surface area (Å²) in [6.07, 6.45) is 4.27. The van der Waals surface area contributed by atoms with Gasteiger partial charge in [0.25, 0.3) is 5.91 Å². The fraction of sp³-hybridized carbons (Fsp3) is 0.273. The number of aliphatic imine (C=N–C) groups is 1. The van der Waals surface area contributed by atoms with Gasteiger partial charge in [0.1, 0.15) is 11.5 Å². The Morgan fingerprint density at radius 3 is 2.75 bits per heavy atom. The van der Waals surface area contributed by atoms with Gasteiger partial charge in [-0.3, -0.25) is 9.69 Å². The Morgan fingerprint density at radius 2 is 2.00 bits per heavy atom. The zero-order valence-corrected chi connectivity index (χ0v) is 17.2. The highest BCUT2D eigenvalue weighted by atomic mass is 32.2. The molecule has 5 nitrogen and oxygen atoms in total. The van der Waals surface area contributed by atoms with Crippen LogP contribution in [0.3, 0.4) is 0 Å². The van der Waals surface area contributed by atoms with Crippen molar-refractivity contribution >= 4 is 34.6 Å². The molecule has 6 heteroatoms. The fourth-order valence-electron chi connectivity index (χ4n) is 2.87. The second-order valence-electron chi connectivity index (χ2n) is 6.31. The van der Waals surface area contributed by atoms with E-state index in [-0.39, 0.29) is 5.91 Å². The fourth-order valence-corrected chi connectivity index (χ4v) is 3.83. The Labute approximate surface area is 170 Å². The second-order valence-corrected chi connectivity index (χ2v) is 7.38. The molecule has 1 aliphatic rings. The van der Waals surface area contributed by atoms with Crippen molar-refractivity contribution in [2.45, 2.75) is 13.3 Å². The maximum absolute atomic E-state index is 12.9. The third-order valence-electron chi connectivity index (χ3n) is 4.43. The summed E-state index contributed by atoms with van der Waals surface area (Å²) in [6, 6.07) is 13.4. The first kappa shape index (κ1) is 20.0. The van der Waals surface area contributed by atoms with Crippen LogP contribution in [0.25, 0.3) is 6.08 Å². The standard InChI is InChI=1S/C22H24N2O3S/c1-16-7-4-5-8-19(16)23-22-24(13-6-14-28-22)21(25)12-9-17-15-18(26-2)10-11-20(17)27-3/h4-5,7-12,15H,6,13-14H2,1-3H3/b12-9+,23-22?. The number of para-hydroxylation sites is 1. The van der Waals surface area contributed by atoms with E-state index in [0.29, 0.717) is 18.0 Å². The molecule has 1 heterocycles. The van der Waals surface area contributed by atoms with Crippen LogP contribution in [0.5, 0.6) is 11.5 Å². The first-order valence-electron chi connectivity index (χ1n) is 9.11. The predicted molar refractivity (Wildman–Crippen MR) is 116 cm³/mol. The Bertz CT molecular complexity index is 908. The molecule has 0 atom stereocenters. The molecule has 3 rings (SSSR count). The molecule has 2 aromatic rings. The van der Waals surface area contributed by atoms with E-state index in [1.54, 1.807) is 43.0 Å². The summed E-state index contributed by atoms with van der Waals surface area (Å²) in [4.78, 5) is 19.4. The lowest BCUT2D eigenvalue weighted by atomic mass is 10.1. The summed E-state index contributed by atoms with van der Waals surface area (Å²) >= 11 is 1.62. The molecule has 2 aromatic carbocycles. The number of ether oxygens (including phenoxy) is 2. The Kier molecular flexibility index (Phi) is 6.76. The minimum atomic E-state index is -0.0931. The zero-order valence-electron chi connectivity index (χ0n) is 16.3. The molecule has 0 aliphatic carbocycles. The van der Waals surface area contributed by atoms with Crippen molar-refractivity contribution in [1.82, 2.24) is 4.90 Å². The van der Waals surface area contributed by atoms with Crippen molar-refractivity contribution in [3.8, 4) is 11.5 Å². The first-order valence-corrected chi connectivity index (χ1v) is 10.1. The number of amidine groups is 1. The van der Waals surface area contributed by atoms with Gasteiger partial charge < -0.3 is 9.47 Å². The van der Waals surface area contributed by atoms with E-state index in [2.05, 4.69) is 0 Å². The SMILES string of the molecule is COc1ccc(OC)c(/C=C/C(=O)N2CCCSC2=Nc2ccccc2C)c1. The normalized spacial score (nSPS) is 15.8. The molecular formula is C22H24N2O3S. The van der Waals surface area contributed by atoms with Gasteiger partial charge in [0.2, 0.25) is 0 Å². The molecule has 0 aromatic heterocycles. The van der Waals surface area contributed by atoms with Gasteiger partial charge in [0, 0.05) is 23.9 Å². The number of amides is 1. The van der Waals surface area contributed by atoms with Crippen LogP contribution in [0, 0.1) is 6.92 Å². The molecule has 0 saturated carbocycles. The molecule has 1 aliphatic heterocycles. The summed E-state index contributed by atoms with van der Waals surface area (Å²) in [7, 11) is 3.22. The highest BCUT2D eigenvalue weighted by Gasteiger charge is 2.22. The summed E-state index contributed by atoms with van der Waals surface area (Å²) in [5.74, 6) is 2.27. The molecule has 0 N–H and O–H groups in total. The van der Waals surface area contributed by atoms with Crippen LogP contribution in [0.15, 0.2) is 53.5 Å². The average molecular weight is 397 g/mol. The predicted octanol–water partition coefficient (Wildman–Crippen LogP) is 4.68. The molecule has 146 valence electrons. The van der Waals surface area contributed by atoms with Gasteiger partial charge in [0.05, 0.1) is 19.9 Å². The molecule has 0 radical (unpaired) electrons.